The fourth-order valence-electron chi connectivity index (χ4n) is 3.96. The van der Waals surface area contributed by atoms with E-state index in [1.165, 1.54) is 13.8 Å². The zero-order valence-corrected chi connectivity index (χ0v) is 25.0. The van der Waals surface area contributed by atoms with Crippen molar-refractivity contribution in [3.63, 3.8) is 0 Å². The summed E-state index contributed by atoms with van der Waals surface area (Å²) in [6.07, 6.45) is -0.985. The summed E-state index contributed by atoms with van der Waals surface area (Å²) in [6, 6.07) is 5.58. The van der Waals surface area contributed by atoms with E-state index in [1.54, 1.807) is 30.3 Å². The number of benzene rings is 1. The lowest BCUT2D eigenvalue weighted by molar-refractivity contribution is -0.164. The van der Waals surface area contributed by atoms with Gasteiger partial charge in [-0.15, -0.1) is 0 Å². The van der Waals surface area contributed by atoms with E-state index in [0.29, 0.717) is 5.69 Å². The van der Waals surface area contributed by atoms with Crippen molar-refractivity contribution < 1.29 is 32.9 Å². The molecule has 0 spiro atoms. The summed E-state index contributed by atoms with van der Waals surface area (Å²) >= 11 is 33.8. The number of halogens is 6. The van der Waals surface area contributed by atoms with Gasteiger partial charge in [-0.05, 0) is 26.0 Å². The monoisotopic (exact) mass is 669 g/mol. The van der Waals surface area contributed by atoms with E-state index in [2.05, 4.69) is 5.32 Å². The molecule has 0 aliphatic carbocycles. The van der Waals surface area contributed by atoms with E-state index in [-0.39, 0.29) is 0 Å². The number of carbonyl (C=O) groups excluding carboxylic acids is 4. The number of para-hydroxylation sites is 1. The molecule has 2 heterocycles. The zero-order chi connectivity index (χ0) is 28.6. The summed E-state index contributed by atoms with van der Waals surface area (Å²) in [5, 5.41) is 1.46. The number of hydrogen-bond acceptors (Lipinski definition) is 7. The minimum Gasteiger partial charge on any atom is -0.460 e. The van der Waals surface area contributed by atoms with Gasteiger partial charge in [-0.25, -0.2) is 9.59 Å². The Morgan fingerprint density at radius 3 is 2.13 bits per heavy atom. The molecule has 10 nitrogen and oxygen atoms in total. The van der Waals surface area contributed by atoms with Crippen LogP contribution in [-0.2, 0) is 34.7 Å². The van der Waals surface area contributed by atoms with Gasteiger partial charge < -0.3 is 19.7 Å². The molecule has 17 heteroatoms. The Morgan fingerprint density at radius 1 is 1.03 bits per heavy atom. The summed E-state index contributed by atoms with van der Waals surface area (Å²) in [6.45, 7) is 1.30. The second kappa shape index (κ2) is 11.7. The van der Waals surface area contributed by atoms with Gasteiger partial charge in [0.05, 0.1) is 15.5 Å². The number of carbonyl (C=O) groups is 4. The fourth-order valence-corrected chi connectivity index (χ4v) is 6.20. The van der Waals surface area contributed by atoms with E-state index in [4.69, 9.17) is 79.1 Å². The number of anilines is 1. The molecule has 2 saturated heterocycles. The van der Waals surface area contributed by atoms with Gasteiger partial charge in [-0.3, -0.25) is 18.7 Å². The number of alkyl halides is 6. The Labute approximate surface area is 250 Å². The summed E-state index contributed by atoms with van der Waals surface area (Å²) in [4.78, 5) is 53.4. The lowest BCUT2D eigenvalue weighted by Gasteiger charge is -2.43. The number of hydrogen-bond donors (Lipinski definition) is 1. The number of nitrogens with zero attached hydrogens (tertiary/aromatic N) is 2. The molecule has 0 aromatic heterocycles. The van der Waals surface area contributed by atoms with Crippen LogP contribution >= 0.6 is 69.6 Å². The molecule has 1 aromatic rings. The molecule has 2 aliphatic rings. The molecule has 2 aliphatic heterocycles. The minimum atomic E-state index is -1.88. The summed E-state index contributed by atoms with van der Waals surface area (Å²) in [5.41, 5.74) is 0.292. The molecule has 3 rings (SSSR count). The highest BCUT2D eigenvalue weighted by Gasteiger charge is 2.68. The van der Waals surface area contributed by atoms with Gasteiger partial charge in [0.25, 0.3) is 0 Å². The van der Waals surface area contributed by atoms with Crippen LogP contribution in [0.25, 0.3) is 0 Å². The van der Waals surface area contributed by atoms with Crippen LogP contribution in [0.4, 0.5) is 10.5 Å². The topological polar surface area (TPSA) is 122 Å². The van der Waals surface area contributed by atoms with Crippen LogP contribution in [0, 0.1) is 0 Å². The van der Waals surface area contributed by atoms with Crippen LogP contribution in [0.15, 0.2) is 30.3 Å². The van der Waals surface area contributed by atoms with Crippen LogP contribution in [0.1, 0.15) is 13.8 Å². The Balaban J connectivity index is 1.73. The smallest absolute Gasteiger partial charge is 0.414 e. The number of fused-ring (bicyclic) bond motifs is 1. The molecule has 0 bridgehead atoms. The third-order valence-corrected chi connectivity index (χ3v) is 8.47. The lowest BCUT2D eigenvalue weighted by atomic mass is 9.96. The van der Waals surface area contributed by atoms with Gasteiger partial charge in [0.2, 0.25) is 19.4 Å². The number of rotatable bonds is 7. The predicted molar refractivity (Wildman–Crippen MR) is 145 cm³/mol. The van der Waals surface area contributed by atoms with E-state index >= 15 is 0 Å². The molecule has 1 N–H and O–H groups in total. The van der Waals surface area contributed by atoms with Gasteiger partial charge in [0, 0.05) is 5.69 Å². The minimum absolute atomic E-state index is 0.292. The quantitative estimate of drug-likeness (QED) is 0.268. The van der Waals surface area contributed by atoms with Crippen LogP contribution in [0.2, 0.25) is 0 Å². The van der Waals surface area contributed by atoms with Crippen LogP contribution in [-0.4, -0.2) is 82.5 Å². The van der Waals surface area contributed by atoms with Crippen molar-refractivity contribution in [3.05, 3.63) is 30.3 Å². The summed E-state index contributed by atoms with van der Waals surface area (Å²) < 4.78 is 18.3. The zero-order valence-electron chi connectivity index (χ0n) is 19.7. The molecule has 1 aromatic carbocycles. The van der Waals surface area contributed by atoms with E-state index in [1.807, 2.05) is 0 Å². The predicted octanol–water partition coefficient (Wildman–Crippen LogP) is 3.48. The average Bonchev–Trinajstić information content (AvgIpc) is 3.00. The van der Waals surface area contributed by atoms with Crippen LogP contribution in [0.3, 0.4) is 0 Å². The maximum Gasteiger partial charge on any atom is 0.414 e. The van der Waals surface area contributed by atoms with Crippen molar-refractivity contribution >= 4 is 110 Å². The SMILES string of the molecule is CC1(C)C(C(=O)OCC(Cl)(Cl)Cl)N2C(=O)C(NC(=O)CN(C(=O)OCC(Cl)(Cl)Cl)c3ccccc3)[C@@H]2S1=O. The number of amides is 3. The van der Waals surface area contributed by atoms with Gasteiger partial charge in [-0.2, -0.15) is 0 Å². The standard InChI is InChI=1S/C21H21Cl6N3O7S/c1-19(2)14(17(33)36-9-20(22,23)24)30-15(32)13(16(30)38(19)35)28-12(31)8-29(11-6-4-3-5-7-11)18(34)37-10-21(25,26)27/h3-7,13-14,16H,8-10H2,1-2H3,(H,28,31)/t13?,14?,16-,38?/m0/s1. The normalized spacial score (nSPS) is 24.2. The highest BCUT2D eigenvalue weighted by atomic mass is 35.6. The largest absolute Gasteiger partial charge is 0.460 e. The first-order valence-electron chi connectivity index (χ1n) is 10.8. The van der Waals surface area contributed by atoms with E-state index in [9.17, 15) is 23.4 Å². The molecule has 3 amide bonds. The van der Waals surface area contributed by atoms with Crippen molar-refractivity contribution in [1.82, 2.24) is 10.2 Å². The van der Waals surface area contributed by atoms with Crippen molar-refractivity contribution in [2.75, 3.05) is 24.7 Å². The van der Waals surface area contributed by atoms with Gasteiger partial charge >= 0.3 is 12.1 Å². The van der Waals surface area contributed by atoms with Crippen molar-refractivity contribution in [1.29, 1.82) is 0 Å². The van der Waals surface area contributed by atoms with Crippen LogP contribution in [0.5, 0.6) is 0 Å². The second-order valence-electron chi connectivity index (χ2n) is 8.80. The molecular weight excluding hydrogens is 651 g/mol. The third-order valence-electron chi connectivity index (χ3n) is 5.62. The molecule has 2 fully saturated rings. The number of ether oxygens (including phenoxy) is 2. The highest BCUT2D eigenvalue weighted by Crippen LogP contribution is 2.44. The molecule has 0 radical (unpaired) electrons. The van der Waals surface area contributed by atoms with Gasteiger partial charge in [-0.1, -0.05) is 87.8 Å². The first kappa shape index (κ1) is 31.3. The fraction of sp³-hybridized carbons (Fsp3) is 0.524. The van der Waals surface area contributed by atoms with Crippen molar-refractivity contribution in [2.45, 2.75) is 43.6 Å². The number of β-lactam (4-membered cyclic amide) rings is 1. The van der Waals surface area contributed by atoms with E-state index in [0.717, 1.165) is 9.80 Å². The van der Waals surface area contributed by atoms with E-state index < -0.39 is 84.2 Å². The Morgan fingerprint density at radius 2 is 1.58 bits per heavy atom. The molecule has 38 heavy (non-hydrogen) atoms. The third kappa shape index (κ3) is 7.10. The van der Waals surface area contributed by atoms with Crippen LogP contribution < -0.4 is 10.2 Å². The lowest BCUT2D eigenvalue weighted by Crippen LogP contribution is -2.72. The summed E-state index contributed by atoms with van der Waals surface area (Å²) in [7, 11) is -1.79. The maximum absolute atomic E-state index is 13.2. The van der Waals surface area contributed by atoms with Crippen molar-refractivity contribution in [2.24, 2.45) is 0 Å². The first-order valence-corrected chi connectivity index (χ1v) is 14.2. The van der Waals surface area contributed by atoms with Gasteiger partial charge in [0.15, 0.2) is 0 Å². The van der Waals surface area contributed by atoms with Gasteiger partial charge in [0.1, 0.15) is 37.2 Å². The molecule has 0 saturated carbocycles. The number of nitrogens with one attached hydrogen (secondary N) is 1. The Kier molecular flexibility index (Phi) is 9.66. The molecule has 210 valence electrons. The second-order valence-corrected chi connectivity index (χ2v) is 16.0. The Hall–Kier alpha value is -1.21. The first-order chi connectivity index (χ1) is 17.4. The summed E-state index contributed by atoms with van der Waals surface area (Å²) in [5.74, 6) is -2.33. The highest BCUT2D eigenvalue weighted by molar-refractivity contribution is 7.87. The molecule has 4 atom stereocenters. The van der Waals surface area contributed by atoms with Crippen molar-refractivity contribution in [3.8, 4) is 0 Å². The average molecular weight is 672 g/mol. The molecule has 3 unspecified atom stereocenters. The maximum atomic E-state index is 13.2. The Bertz CT molecular complexity index is 1130. The molecular formula is C21H21Cl6N3O7S. The number of esters is 1.